The van der Waals surface area contributed by atoms with Crippen molar-refractivity contribution in [1.82, 2.24) is 5.32 Å². The summed E-state index contributed by atoms with van der Waals surface area (Å²) in [5.74, 6) is -0.553. The highest BCUT2D eigenvalue weighted by atomic mass is 16.3. The Bertz CT molecular complexity index is 847. The molecule has 2 aromatic rings. The molecule has 0 saturated carbocycles. The van der Waals surface area contributed by atoms with Gasteiger partial charge in [-0.2, -0.15) is 0 Å². The van der Waals surface area contributed by atoms with Crippen LogP contribution in [-0.2, 0) is 16.0 Å². The zero-order valence-corrected chi connectivity index (χ0v) is 13.9. The van der Waals surface area contributed by atoms with Crippen LogP contribution < -0.4 is 10.2 Å². The van der Waals surface area contributed by atoms with Crippen LogP contribution in [0.3, 0.4) is 0 Å². The van der Waals surface area contributed by atoms with Gasteiger partial charge in [-0.1, -0.05) is 30.3 Å². The van der Waals surface area contributed by atoms with Gasteiger partial charge in [0.2, 0.25) is 11.8 Å². The van der Waals surface area contributed by atoms with Crippen LogP contribution in [0.2, 0.25) is 0 Å². The van der Waals surface area contributed by atoms with Gasteiger partial charge in [0.25, 0.3) is 0 Å². The third-order valence-electron chi connectivity index (χ3n) is 5.00. The number of fused-ring (bicyclic) bond motifs is 3. The fourth-order valence-electron chi connectivity index (χ4n) is 3.76. The smallest absolute Gasteiger partial charge is 0.227 e. The van der Waals surface area contributed by atoms with Crippen molar-refractivity contribution in [1.29, 1.82) is 0 Å². The molecule has 5 nitrogen and oxygen atoms in total. The van der Waals surface area contributed by atoms with Gasteiger partial charge in [-0.05, 0) is 40.8 Å². The number of nitrogens with one attached hydrogen (secondary N) is 1. The summed E-state index contributed by atoms with van der Waals surface area (Å²) >= 11 is 0. The Hall–Kier alpha value is -2.66. The Kier molecular flexibility index (Phi) is 4.01. The van der Waals surface area contributed by atoms with Gasteiger partial charge in [0.1, 0.15) is 0 Å². The average molecular weight is 336 g/mol. The summed E-state index contributed by atoms with van der Waals surface area (Å²) < 4.78 is 0. The summed E-state index contributed by atoms with van der Waals surface area (Å²) in [4.78, 5) is 26.1. The molecule has 1 atom stereocenters. The van der Waals surface area contributed by atoms with Crippen LogP contribution in [0.5, 0.6) is 0 Å². The Morgan fingerprint density at radius 1 is 1.16 bits per heavy atom. The zero-order valence-electron chi connectivity index (χ0n) is 13.9. The van der Waals surface area contributed by atoms with Gasteiger partial charge in [0.05, 0.1) is 12.5 Å². The molecule has 0 radical (unpaired) electrons. The maximum Gasteiger partial charge on any atom is 0.227 e. The van der Waals surface area contributed by atoms with E-state index in [1.54, 1.807) is 4.90 Å². The minimum Gasteiger partial charge on any atom is -0.395 e. The molecule has 4 rings (SSSR count). The molecule has 1 aliphatic carbocycles. The van der Waals surface area contributed by atoms with Gasteiger partial charge in [0.15, 0.2) is 0 Å². The first-order valence-electron chi connectivity index (χ1n) is 8.57. The molecule has 1 saturated heterocycles. The molecule has 1 heterocycles. The van der Waals surface area contributed by atoms with Crippen LogP contribution in [-0.4, -0.2) is 36.6 Å². The second-order valence-corrected chi connectivity index (χ2v) is 6.60. The highest BCUT2D eigenvalue weighted by Crippen LogP contribution is 2.39. The molecule has 0 spiro atoms. The molecule has 0 aromatic heterocycles. The molecule has 1 aliphatic heterocycles. The standard InChI is InChI=1S/C20H20N2O3/c23-8-7-21-20(25)15-11-19(24)22(12-15)16-5-6-18-14(10-16)9-13-3-1-2-4-17(13)18/h1-6,10,15,23H,7-9,11-12H2,(H,21,25). The van der Waals surface area contributed by atoms with Crippen LogP contribution in [0.15, 0.2) is 42.5 Å². The van der Waals surface area contributed by atoms with E-state index in [1.165, 1.54) is 22.3 Å². The van der Waals surface area contributed by atoms with Crippen LogP contribution in [0, 0.1) is 5.92 Å². The van der Waals surface area contributed by atoms with Crippen molar-refractivity contribution in [2.45, 2.75) is 12.8 Å². The molecule has 2 aliphatic rings. The molecular formula is C20H20N2O3. The minimum absolute atomic E-state index is 0.0281. The largest absolute Gasteiger partial charge is 0.395 e. The summed E-state index contributed by atoms with van der Waals surface area (Å²) in [6, 6.07) is 14.5. The van der Waals surface area contributed by atoms with Crippen LogP contribution in [0.4, 0.5) is 5.69 Å². The molecule has 0 bridgehead atoms. The highest BCUT2D eigenvalue weighted by Gasteiger charge is 2.35. The minimum atomic E-state index is -0.357. The molecule has 1 fully saturated rings. The van der Waals surface area contributed by atoms with Gasteiger partial charge < -0.3 is 15.3 Å². The van der Waals surface area contributed by atoms with Crippen molar-refractivity contribution < 1.29 is 14.7 Å². The van der Waals surface area contributed by atoms with Crippen molar-refractivity contribution in [2.24, 2.45) is 5.92 Å². The first kappa shape index (κ1) is 15.8. The van der Waals surface area contributed by atoms with Gasteiger partial charge in [-0.3, -0.25) is 9.59 Å². The van der Waals surface area contributed by atoms with E-state index in [4.69, 9.17) is 5.11 Å². The van der Waals surface area contributed by atoms with Crippen LogP contribution >= 0.6 is 0 Å². The lowest BCUT2D eigenvalue weighted by atomic mass is 10.1. The molecular weight excluding hydrogens is 316 g/mol. The fourth-order valence-corrected chi connectivity index (χ4v) is 3.76. The van der Waals surface area contributed by atoms with Crippen molar-refractivity contribution in [3.63, 3.8) is 0 Å². The predicted molar refractivity (Wildman–Crippen MR) is 95.2 cm³/mol. The third kappa shape index (κ3) is 2.81. The average Bonchev–Trinajstić information content (AvgIpc) is 3.19. The number of benzene rings is 2. The lowest BCUT2D eigenvalue weighted by molar-refractivity contribution is -0.126. The first-order valence-corrected chi connectivity index (χ1v) is 8.57. The maximum absolute atomic E-state index is 12.4. The molecule has 2 aromatic carbocycles. The number of hydrogen-bond donors (Lipinski definition) is 2. The van der Waals surface area contributed by atoms with E-state index in [-0.39, 0.29) is 37.3 Å². The third-order valence-corrected chi connectivity index (χ3v) is 5.00. The number of hydrogen-bond acceptors (Lipinski definition) is 3. The van der Waals surface area contributed by atoms with E-state index in [2.05, 4.69) is 29.6 Å². The van der Waals surface area contributed by atoms with E-state index in [9.17, 15) is 9.59 Å². The van der Waals surface area contributed by atoms with Crippen molar-refractivity contribution >= 4 is 17.5 Å². The van der Waals surface area contributed by atoms with Crippen molar-refractivity contribution in [2.75, 3.05) is 24.6 Å². The molecule has 128 valence electrons. The number of anilines is 1. The molecule has 2 N–H and O–H groups in total. The second-order valence-electron chi connectivity index (χ2n) is 6.60. The molecule has 2 amide bonds. The van der Waals surface area contributed by atoms with E-state index in [0.717, 1.165) is 12.1 Å². The number of aliphatic hydroxyl groups is 1. The lowest BCUT2D eigenvalue weighted by Gasteiger charge is -2.18. The number of aliphatic hydroxyl groups excluding tert-OH is 1. The number of carbonyl (C=O) groups is 2. The van der Waals surface area contributed by atoms with E-state index < -0.39 is 0 Å². The molecule has 25 heavy (non-hydrogen) atoms. The summed E-state index contributed by atoms with van der Waals surface area (Å²) in [7, 11) is 0. The Morgan fingerprint density at radius 3 is 2.80 bits per heavy atom. The topological polar surface area (TPSA) is 69.6 Å². The maximum atomic E-state index is 12.4. The van der Waals surface area contributed by atoms with E-state index >= 15 is 0 Å². The van der Waals surface area contributed by atoms with Gasteiger partial charge in [-0.15, -0.1) is 0 Å². The SMILES string of the molecule is O=C(NCCO)C1CC(=O)N(c2ccc3c(c2)Cc2ccccc2-3)C1. The van der Waals surface area contributed by atoms with Crippen molar-refractivity contribution in [3.8, 4) is 11.1 Å². The normalized spacial score (nSPS) is 18.2. The predicted octanol–water partition coefficient (Wildman–Crippen LogP) is 1.72. The number of nitrogens with zero attached hydrogens (tertiary/aromatic N) is 1. The van der Waals surface area contributed by atoms with Gasteiger partial charge in [-0.25, -0.2) is 0 Å². The highest BCUT2D eigenvalue weighted by molar-refractivity contribution is 6.00. The lowest BCUT2D eigenvalue weighted by Crippen LogP contribution is -2.34. The fraction of sp³-hybridized carbons (Fsp3) is 0.300. The number of rotatable bonds is 4. The quantitative estimate of drug-likeness (QED) is 0.762. The van der Waals surface area contributed by atoms with Crippen LogP contribution in [0.1, 0.15) is 17.5 Å². The summed E-state index contributed by atoms with van der Waals surface area (Å²) in [5.41, 5.74) is 5.87. The summed E-state index contributed by atoms with van der Waals surface area (Å²) in [5, 5.41) is 11.5. The molecule has 5 heteroatoms. The van der Waals surface area contributed by atoms with E-state index in [1.807, 2.05) is 18.2 Å². The number of carbonyl (C=O) groups excluding carboxylic acids is 2. The first-order chi connectivity index (χ1) is 12.2. The molecule has 1 unspecified atom stereocenters. The van der Waals surface area contributed by atoms with E-state index in [0.29, 0.717) is 6.54 Å². The second kappa shape index (κ2) is 6.33. The summed E-state index contributed by atoms with van der Waals surface area (Å²) in [6.07, 6.45) is 1.09. The Balaban J connectivity index is 1.55. The summed E-state index contributed by atoms with van der Waals surface area (Å²) in [6.45, 7) is 0.518. The van der Waals surface area contributed by atoms with Gasteiger partial charge in [0, 0.05) is 25.2 Å². The Labute approximate surface area is 146 Å². The number of amides is 2. The monoisotopic (exact) mass is 336 g/mol. The van der Waals surface area contributed by atoms with Crippen molar-refractivity contribution in [3.05, 3.63) is 53.6 Å². The van der Waals surface area contributed by atoms with Gasteiger partial charge >= 0.3 is 0 Å². The zero-order chi connectivity index (χ0) is 17.4. The van der Waals surface area contributed by atoms with Crippen LogP contribution in [0.25, 0.3) is 11.1 Å². The Morgan fingerprint density at radius 2 is 1.96 bits per heavy atom.